The maximum atomic E-state index is 8.39. The number of aromatic nitrogens is 2. The zero-order valence-corrected chi connectivity index (χ0v) is 35.8. The van der Waals surface area contributed by atoms with Crippen LogP contribution in [0.25, 0.3) is 11.1 Å². The molecule has 0 saturated carbocycles. The standard InChI is InChI=1S/C53H52N6O2/c1-52(2,3)35-21-23-54-49(27-35)60-39-25-34(26-40(31-39)61-50-28-36(22-24-55-50)53(4,5)6)51-43-29-37(58-32-56(7)45-13-9-11-15-47(45)58)17-19-41(43)42-20-18-38(30-44(42)51)59-33-57(8)46-14-10-12-16-48(46)59/h9-31,51H,32-33H2,1-8H3/i7D3. The molecule has 0 spiro atoms. The molecule has 0 N–H and O–H groups in total. The molecule has 7 aromatic rings. The number of nitrogens with zero attached hydrogens (tertiary/aromatic N) is 6. The van der Waals surface area contributed by atoms with E-state index in [2.05, 4.69) is 146 Å². The van der Waals surface area contributed by atoms with Crippen molar-refractivity contribution in [3.63, 3.8) is 0 Å². The van der Waals surface area contributed by atoms with Crippen LogP contribution in [-0.4, -0.2) is 37.3 Å². The largest absolute Gasteiger partial charge is 0.439 e. The molecule has 8 heteroatoms. The summed E-state index contributed by atoms with van der Waals surface area (Å²) in [6, 6.07) is 43.7. The van der Waals surface area contributed by atoms with Crippen LogP contribution in [0.2, 0.25) is 0 Å². The van der Waals surface area contributed by atoms with Crippen LogP contribution in [0.4, 0.5) is 34.1 Å². The minimum Gasteiger partial charge on any atom is -0.439 e. The summed E-state index contributed by atoms with van der Waals surface area (Å²) in [6.07, 6.45) is 3.59. The van der Waals surface area contributed by atoms with E-state index in [0.29, 0.717) is 28.9 Å². The van der Waals surface area contributed by atoms with Gasteiger partial charge < -0.3 is 29.1 Å². The Labute approximate surface area is 363 Å². The second-order valence-corrected chi connectivity index (χ2v) is 18.4. The molecule has 0 saturated heterocycles. The molecule has 10 rings (SSSR count). The number of ether oxygens (including phenoxy) is 2. The number of hydrogen-bond donors (Lipinski definition) is 0. The Morgan fingerprint density at radius 1 is 0.541 bits per heavy atom. The monoisotopic (exact) mass is 807 g/mol. The lowest BCUT2D eigenvalue weighted by atomic mass is 9.88. The highest BCUT2D eigenvalue weighted by Crippen LogP contribution is 2.53. The molecule has 3 aliphatic rings. The third kappa shape index (κ3) is 6.99. The Balaban J connectivity index is 1.14. The van der Waals surface area contributed by atoms with Gasteiger partial charge >= 0.3 is 0 Å². The van der Waals surface area contributed by atoms with Gasteiger partial charge in [-0.25, -0.2) is 9.97 Å². The number of para-hydroxylation sites is 4. The summed E-state index contributed by atoms with van der Waals surface area (Å²) in [5.41, 5.74) is 13.3. The normalized spacial score (nSPS) is 16.4. The zero-order valence-electron chi connectivity index (χ0n) is 38.8. The highest BCUT2D eigenvalue weighted by Gasteiger charge is 2.35. The average Bonchev–Trinajstić information content (AvgIpc) is 3.92. The highest BCUT2D eigenvalue weighted by atomic mass is 16.5. The van der Waals surface area contributed by atoms with Crippen LogP contribution in [0.5, 0.6) is 23.3 Å². The van der Waals surface area contributed by atoms with Crippen molar-refractivity contribution in [1.29, 1.82) is 0 Å². The topological polar surface area (TPSA) is 57.2 Å². The van der Waals surface area contributed by atoms with Gasteiger partial charge in [0, 0.05) is 66.0 Å². The first-order valence-corrected chi connectivity index (χ1v) is 20.9. The first kappa shape index (κ1) is 35.0. The van der Waals surface area contributed by atoms with Crippen molar-refractivity contribution < 1.29 is 13.6 Å². The van der Waals surface area contributed by atoms with Gasteiger partial charge in [-0.3, -0.25) is 0 Å². The van der Waals surface area contributed by atoms with Crippen molar-refractivity contribution in [3.05, 3.63) is 168 Å². The van der Waals surface area contributed by atoms with E-state index in [0.717, 1.165) is 68.4 Å². The summed E-state index contributed by atoms with van der Waals surface area (Å²) >= 11 is 0. The van der Waals surface area contributed by atoms with Crippen LogP contribution < -0.4 is 29.1 Å². The predicted octanol–water partition coefficient (Wildman–Crippen LogP) is 12.9. The van der Waals surface area contributed by atoms with Crippen molar-refractivity contribution in [2.24, 2.45) is 0 Å². The van der Waals surface area contributed by atoms with Gasteiger partial charge in [0.25, 0.3) is 0 Å². The molecule has 4 heterocycles. The summed E-state index contributed by atoms with van der Waals surface area (Å²) in [7, 11) is 2.13. The third-order valence-electron chi connectivity index (χ3n) is 12.2. The molecule has 1 aliphatic carbocycles. The quantitative estimate of drug-likeness (QED) is 0.158. The van der Waals surface area contributed by atoms with Gasteiger partial charge in [-0.1, -0.05) is 77.9 Å². The molecule has 5 aromatic carbocycles. The van der Waals surface area contributed by atoms with Crippen molar-refractivity contribution in [2.75, 3.05) is 47.0 Å². The second kappa shape index (κ2) is 14.4. The molecule has 61 heavy (non-hydrogen) atoms. The summed E-state index contributed by atoms with van der Waals surface area (Å²) < 4.78 is 38.6. The Morgan fingerprint density at radius 3 is 1.48 bits per heavy atom. The Kier molecular flexibility index (Phi) is 8.29. The number of hydrogen-bond acceptors (Lipinski definition) is 8. The van der Waals surface area contributed by atoms with Crippen molar-refractivity contribution in [3.8, 4) is 34.4 Å². The molecule has 306 valence electrons. The molecule has 2 aromatic heterocycles. The molecule has 0 bridgehead atoms. The van der Waals surface area contributed by atoms with Crippen LogP contribution in [-0.2, 0) is 10.8 Å². The third-order valence-corrected chi connectivity index (χ3v) is 12.2. The number of pyridine rings is 2. The fraction of sp³-hybridized carbons (Fsp3) is 0.245. The second-order valence-electron chi connectivity index (χ2n) is 18.4. The lowest BCUT2D eigenvalue weighted by Gasteiger charge is -2.23. The van der Waals surface area contributed by atoms with E-state index in [1.165, 1.54) is 10.6 Å². The number of rotatable bonds is 7. The Bertz CT molecular complexity index is 2860. The number of anilines is 6. The van der Waals surface area contributed by atoms with Crippen LogP contribution >= 0.6 is 0 Å². The summed E-state index contributed by atoms with van der Waals surface area (Å²) in [5.74, 6) is 1.88. The maximum absolute atomic E-state index is 8.39. The van der Waals surface area contributed by atoms with E-state index in [4.69, 9.17) is 13.6 Å². The van der Waals surface area contributed by atoms with Gasteiger partial charge in [0.2, 0.25) is 11.8 Å². The summed E-state index contributed by atoms with van der Waals surface area (Å²) in [6.45, 7) is 11.7. The van der Waals surface area contributed by atoms with E-state index in [9.17, 15) is 0 Å². The van der Waals surface area contributed by atoms with Crippen molar-refractivity contribution in [2.45, 2.75) is 58.3 Å². The van der Waals surface area contributed by atoms with E-state index in [-0.39, 0.29) is 23.4 Å². The maximum Gasteiger partial charge on any atom is 0.219 e. The fourth-order valence-electron chi connectivity index (χ4n) is 8.95. The van der Waals surface area contributed by atoms with Gasteiger partial charge in [-0.05, 0) is 123 Å². The molecule has 0 amide bonds. The van der Waals surface area contributed by atoms with Crippen LogP contribution in [0.3, 0.4) is 0 Å². The SMILES string of the molecule is [2H]C([2H])([2H])N1CN(c2ccc3c(c2)C(c2cc(Oc4cc(C(C)(C)C)ccn4)cc(Oc4cc(C(C)(C)C)ccn4)c2)c2cc(N4CN(C)c5ccccc54)ccc2-3)c2ccccc21. The van der Waals surface area contributed by atoms with E-state index in [1.54, 1.807) is 12.4 Å². The lowest BCUT2D eigenvalue weighted by Crippen LogP contribution is -2.24. The molecular weight excluding hydrogens is 753 g/mol. The first-order valence-electron chi connectivity index (χ1n) is 22.4. The summed E-state index contributed by atoms with van der Waals surface area (Å²) in [4.78, 5) is 17.5. The Morgan fingerprint density at radius 2 is 1.00 bits per heavy atom. The van der Waals surface area contributed by atoms with Gasteiger partial charge in [0.05, 0.1) is 36.1 Å². The molecular formula is C53H52N6O2. The molecule has 0 fully saturated rings. The molecule has 1 atom stereocenters. The van der Waals surface area contributed by atoms with Gasteiger partial charge in [0.15, 0.2) is 0 Å². The molecule has 0 radical (unpaired) electrons. The molecule has 2 aliphatic heterocycles. The van der Waals surface area contributed by atoms with E-state index in [1.807, 2.05) is 54.6 Å². The van der Waals surface area contributed by atoms with Gasteiger partial charge in [-0.2, -0.15) is 0 Å². The minimum absolute atomic E-state index is 0.103. The average molecular weight is 808 g/mol. The molecule has 8 nitrogen and oxygen atoms in total. The van der Waals surface area contributed by atoms with Crippen LogP contribution in [0.1, 0.15) is 79.4 Å². The predicted molar refractivity (Wildman–Crippen MR) is 249 cm³/mol. The zero-order chi connectivity index (χ0) is 44.7. The Hall–Kier alpha value is -6.80. The van der Waals surface area contributed by atoms with Crippen LogP contribution in [0, 0.1) is 0 Å². The van der Waals surface area contributed by atoms with Crippen LogP contribution in [0.15, 0.2) is 140 Å². The van der Waals surface area contributed by atoms with Crippen molar-refractivity contribution >= 4 is 34.1 Å². The van der Waals surface area contributed by atoms with Crippen molar-refractivity contribution in [1.82, 2.24) is 9.97 Å². The minimum atomic E-state index is -2.31. The van der Waals surface area contributed by atoms with Gasteiger partial charge in [-0.15, -0.1) is 0 Å². The van der Waals surface area contributed by atoms with E-state index >= 15 is 0 Å². The fourth-order valence-corrected chi connectivity index (χ4v) is 8.95. The first-order chi connectivity index (χ1) is 30.5. The number of fused-ring (bicyclic) bond motifs is 5. The lowest BCUT2D eigenvalue weighted by molar-refractivity contribution is 0.437. The molecule has 1 unspecified atom stereocenters. The smallest absolute Gasteiger partial charge is 0.219 e. The van der Waals surface area contributed by atoms with E-state index < -0.39 is 6.98 Å². The van der Waals surface area contributed by atoms with Gasteiger partial charge in [0.1, 0.15) is 11.5 Å². The summed E-state index contributed by atoms with van der Waals surface area (Å²) in [5, 5.41) is 0. The highest BCUT2D eigenvalue weighted by molar-refractivity contribution is 5.89. The number of benzene rings is 5.